The summed E-state index contributed by atoms with van der Waals surface area (Å²) in [6.07, 6.45) is 0. The lowest BCUT2D eigenvalue weighted by Crippen LogP contribution is -2.22. The van der Waals surface area contributed by atoms with Crippen LogP contribution in [-0.4, -0.2) is 13.7 Å². The molecule has 2 nitrogen and oxygen atoms in total. The maximum atomic E-state index is 6.14. The molecule has 0 bridgehead atoms. The fourth-order valence-electron chi connectivity index (χ4n) is 2.20. The third-order valence-corrected chi connectivity index (χ3v) is 4.46. The van der Waals surface area contributed by atoms with E-state index in [-0.39, 0.29) is 6.04 Å². The molecule has 21 heavy (non-hydrogen) atoms. The topological polar surface area (TPSA) is 21.3 Å². The van der Waals surface area contributed by atoms with Gasteiger partial charge in [0.25, 0.3) is 0 Å². The van der Waals surface area contributed by atoms with Gasteiger partial charge in [-0.25, -0.2) is 0 Å². The van der Waals surface area contributed by atoms with Crippen molar-refractivity contribution >= 4 is 39.1 Å². The number of nitrogens with one attached hydrogen (secondary N) is 1. The van der Waals surface area contributed by atoms with Crippen molar-refractivity contribution in [2.75, 3.05) is 13.7 Å². The van der Waals surface area contributed by atoms with E-state index in [2.05, 4.69) is 28.2 Å². The van der Waals surface area contributed by atoms with Crippen LogP contribution in [-0.2, 0) is 0 Å². The second-order valence-electron chi connectivity index (χ2n) is 4.55. The minimum atomic E-state index is 0.00856. The Morgan fingerprint density at radius 2 is 1.95 bits per heavy atom. The summed E-state index contributed by atoms with van der Waals surface area (Å²) < 4.78 is 6.31. The zero-order valence-electron chi connectivity index (χ0n) is 11.8. The molecule has 2 aromatic carbocycles. The summed E-state index contributed by atoms with van der Waals surface area (Å²) in [5.74, 6) is 0.662. The van der Waals surface area contributed by atoms with Crippen LogP contribution in [0.1, 0.15) is 24.1 Å². The van der Waals surface area contributed by atoms with Crippen molar-refractivity contribution < 1.29 is 4.74 Å². The summed E-state index contributed by atoms with van der Waals surface area (Å²) in [6, 6.07) is 11.6. The van der Waals surface area contributed by atoms with E-state index in [0.717, 1.165) is 22.1 Å². The Balaban J connectivity index is 2.50. The fraction of sp³-hybridized carbons (Fsp3) is 0.250. The van der Waals surface area contributed by atoms with Crippen molar-refractivity contribution in [2.45, 2.75) is 13.0 Å². The number of benzene rings is 2. The molecule has 0 aromatic heterocycles. The minimum absolute atomic E-state index is 0.00856. The van der Waals surface area contributed by atoms with Gasteiger partial charge in [-0.2, -0.15) is 0 Å². The van der Waals surface area contributed by atoms with Crippen molar-refractivity contribution in [1.82, 2.24) is 5.32 Å². The van der Waals surface area contributed by atoms with Crippen LogP contribution >= 0.6 is 39.1 Å². The molecule has 1 atom stereocenters. The Morgan fingerprint density at radius 3 is 2.62 bits per heavy atom. The first kappa shape index (κ1) is 16.6. The predicted molar refractivity (Wildman–Crippen MR) is 92.7 cm³/mol. The highest BCUT2D eigenvalue weighted by molar-refractivity contribution is 9.10. The molecular weight excluding hydrogens is 373 g/mol. The number of rotatable bonds is 5. The van der Waals surface area contributed by atoms with E-state index in [9.17, 15) is 0 Å². The minimum Gasteiger partial charge on any atom is -0.495 e. The van der Waals surface area contributed by atoms with Crippen LogP contribution in [0.4, 0.5) is 0 Å². The van der Waals surface area contributed by atoms with E-state index in [1.807, 2.05) is 36.4 Å². The highest BCUT2D eigenvalue weighted by Crippen LogP contribution is 2.34. The second-order valence-corrected chi connectivity index (χ2v) is 6.25. The van der Waals surface area contributed by atoms with Gasteiger partial charge in [-0.3, -0.25) is 0 Å². The number of hydrogen-bond donors (Lipinski definition) is 1. The lowest BCUT2D eigenvalue weighted by atomic mass is 9.98. The maximum Gasteiger partial charge on any atom is 0.137 e. The molecule has 5 heteroatoms. The third-order valence-electron chi connectivity index (χ3n) is 3.19. The number of ether oxygens (including phenoxy) is 1. The first-order valence-electron chi connectivity index (χ1n) is 6.58. The van der Waals surface area contributed by atoms with Gasteiger partial charge in [-0.1, -0.05) is 52.1 Å². The van der Waals surface area contributed by atoms with E-state index in [1.165, 1.54) is 0 Å². The monoisotopic (exact) mass is 387 g/mol. The molecule has 112 valence electrons. The normalized spacial score (nSPS) is 12.2. The molecule has 2 rings (SSSR count). The Kier molecular flexibility index (Phi) is 5.94. The summed E-state index contributed by atoms with van der Waals surface area (Å²) in [5, 5.41) is 4.77. The van der Waals surface area contributed by atoms with Gasteiger partial charge in [-0.05, 0) is 48.0 Å². The highest BCUT2D eigenvalue weighted by Gasteiger charge is 2.17. The van der Waals surface area contributed by atoms with E-state index >= 15 is 0 Å². The third kappa shape index (κ3) is 3.92. The molecule has 0 aliphatic heterocycles. The van der Waals surface area contributed by atoms with Gasteiger partial charge in [0.2, 0.25) is 0 Å². The van der Waals surface area contributed by atoms with Gasteiger partial charge in [0.1, 0.15) is 5.75 Å². The van der Waals surface area contributed by atoms with Crippen LogP contribution in [0, 0.1) is 0 Å². The number of halogens is 3. The first-order valence-corrected chi connectivity index (χ1v) is 8.13. The number of methoxy groups -OCH3 is 1. The zero-order valence-corrected chi connectivity index (χ0v) is 14.9. The Labute approximate surface area is 143 Å². The molecule has 1 unspecified atom stereocenters. The Bertz CT molecular complexity index is 634. The van der Waals surface area contributed by atoms with E-state index in [1.54, 1.807) is 7.11 Å². The van der Waals surface area contributed by atoms with Gasteiger partial charge in [0.15, 0.2) is 0 Å². The summed E-state index contributed by atoms with van der Waals surface area (Å²) in [4.78, 5) is 0. The molecule has 0 fully saturated rings. The van der Waals surface area contributed by atoms with E-state index < -0.39 is 0 Å². The average molecular weight is 389 g/mol. The van der Waals surface area contributed by atoms with Gasteiger partial charge >= 0.3 is 0 Å². The second kappa shape index (κ2) is 7.50. The van der Waals surface area contributed by atoms with Crippen LogP contribution < -0.4 is 10.1 Å². The van der Waals surface area contributed by atoms with Crippen molar-refractivity contribution in [3.05, 3.63) is 62.0 Å². The molecular formula is C16H16BrCl2NO. The van der Waals surface area contributed by atoms with Crippen molar-refractivity contribution in [1.29, 1.82) is 0 Å². The molecule has 0 spiro atoms. The average Bonchev–Trinajstić information content (AvgIpc) is 2.48. The van der Waals surface area contributed by atoms with Gasteiger partial charge in [0, 0.05) is 9.50 Å². The van der Waals surface area contributed by atoms with Gasteiger partial charge in [0.05, 0.1) is 18.2 Å². The van der Waals surface area contributed by atoms with Crippen molar-refractivity contribution in [3.8, 4) is 5.75 Å². The maximum absolute atomic E-state index is 6.14. The molecule has 0 amide bonds. The molecule has 0 radical (unpaired) electrons. The largest absolute Gasteiger partial charge is 0.495 e. The number of hydrogen-bond acceptors (Lipinski definition) is 2. The standard InChI is InChI=1S/C16H16BrCl2NO/c1-3-20-16(12-9-11(18)5-6-13(12)17)10-4-7-14(19)15(8-10)21-2/h4-9,16,20H,3H2,1-2H3. The predicted octanol–water partition coefficient (Wildman–Crippen LogP) is 5.46. The van der Waals surface area contributed by atoms with Crippen LogP contribution in [0.3, 0.4) is 0 Å². The Morgan fingerprint density at radius 1 is 1.19 bits per heavy atom. The molecule has 1 N–H and O–H groups in total. The molecule has 0 heterocycles. The molecule has 0 aliphatic rings. The SMILES string of the molecule is CCNC(c1ccc(Cl)c(OC)c1)c1cc(Cl)ccc1Br. The van der Waals surface area contributed by atoms with Gasteiger partial charge in [-0.15, -0.1) is 0 Å². The van der Waals surface area contributed by atoms with Crippen LogP contribution in [0.25, 0.3) is 0 Å². The van der Waals surface area contributed by atoms with Crippen molar-refractivity contribution in [3.63, 3.8) is 0 Å². The van der Waals surface area contributed by atoms with Crippen molar-refractivity contribution in [2.24, 2.45) is 0 Å². The molecule has 0 aliphatic carbocycles. The van der Waals surface area contributed by atoms with Gasteiger partial charge < -0.3 is 10.1 Å². The summed E-state index contributed by atoms with van der Waals surface area (Å²) >= 11 is 15.8. The lowest BCUT2D eigenvalue weighted by Gasteiger charge is -2.21. The smallest absolute Gasteiger partial charge is 0.137 e. The fourth-order valence-corrected chi connectivity index (χ4v) is 3.05. The summed E-state index contributed by atoms with van der Waals surface area (Å²) in [6.45, 7) is 2.90. The van der Waals surface area contributed by atoms with Crippen LogP contribution in [0.2, 0.25) is 10.0 Å². The first-order chi connectivity index (χ1) is 10.1. The summed E-state index contributed by atoms with van der Waals surface area (Å²) in [7, 11) is 1.61. The lowest BCUT2D eigenvalue weighted by molar-refractivity contribution is 0.414. The molecule has 0 saturated carbocycles. The zero-order chi connectivity index (χ0) is 15.4. The van der Waals surface area contributed by atoms with E-state index in [4.69, 9.17) is 27.9 Å². The molecule has 2 aromatic rings. The summed E-state index contributed by atoms with van der Waals surface area (Å²) in [5.41, 5.74) is 2.15. The highest BCUT2D eigenvalue weighted by atomic mass is 79.9. The quantitative estimate of drug-likeness (QED) is 0.733. The Hall–Kier alpha value is -0.740. The van der Waals surface area contributed by atoms with Crippen LogP contribution in [0.15, 0.2) is 40.9 Å². The molecule has 0 saturated heterocycles. The van der Waals surface area contributed by atoms with Crippen LogP contribution in [0.5, 0.6) is 5.75 Å². The van der Waals surface area contributed by atoms with E-state index in [0.29, 0.717) is 15.8 Å².